The Morgan fingerprint density at radius 2 is 1.83 bits per heavy atom. The van der Waals surface area contributed by atoms with Gasteiger partial charge >= 0.3 is 0 Å². The van der Waals surface area contributed by atoms with E-state index in [4.69, 9.17) is 10.5 Å². The third-order valence-electron chi connectivity index (χ3n) is 2.97. The molecule has 0 aliphatic heterocycles. The number of benzene rings is 1. The highest BCUT2D eigenvalue weighted by molar-refractivity contribution is 5.91. The number of nitrogens with one attached hydrogen (secondary N) is 2. The summed E-state index contributed by atoms with van der Waals surface area (Å²) < 4.78 is 6.49. The van der Waals surface area contributed by atoms with Crippen LogP contribution in [0, 0.1) is 0 Å². The van der Waals surface area contributed by atoms with Crippen molar-refractivity contribution >= 4 is 35.6 Å². The summed E-state index contributed by atoms with van der Waals surface area (Å²) in [6.07, 6.45) is 3.31. The van der Waals surface area contributed by atoms with Gasteiger partial charge in [-0.25, -0.2) is 0 Å². The van der Waals surface area contributed by atoms with Gasteiger partial charge in [0.05, 0.1) is 19.0 Å². The maximum Gasteiger partial charge on any atom is 0.246 e. The number of nitrogens with two attached hydrogens (primary N) is 1. The molecule has 0 unspecified atom stereocenters. The summed E-state index contributed by atoms with van der Waals surface area (Å²) in [5.41, 5.74) is 6.50. The van der Waals surface area contributed by atoms with Gasteiger partial charge in [-0.3, -0.25) is 14.3 Å². The fourth-order valence-corrected chi connectivity index (χ4v) is 1.89. The molecule has 0 saturated heterocycles. The van der Waals surface area contributed by atoms with Crippen molar-refractivity contribution in [1.29, 1.82) is 0 Å². The molecule has 1 aromatic heterocycles. The number of carbonyl (C=O) groups excluding carboxylic acids is 2. The number of halogens is 1. The number of methoxy groups -OCH3 is 1. The molecule has 0 atom stereocenters. The highest BCUT2D eigenvalue weighted by Crippen LogP contribution is 2.15. The van der Waals surface area contributed by atoms with Crippen LogP contribution in [0.2, 0.25) is 0 Å². The number of anilines is 2. The third-order valence-corrected chi connectivity index (χ3v) is 2.97. The summed E-state index contributed by atoms with van der Waals surface area (Å²) in [4.78, 5) is 23.4. The van der Waals surface area contributed by atoms with Crippen molar-refractivity contribution < 1.29 is 14.3 Å². The number of amides is 2. The number of hydrogen-bond acceptors (Lipinski definition) is 5. The maximum atomic E-state index is 12.0. The monoisotopic (exact) mass is 353 g/mol. The predicted octanol–water partition coefficient (Wildman–Crippen LogP) is 1.24. The lowest BCUT2D eigenvalue weighted by atomic mass is 10.3. The Bertz CT molecular complexity index is 672. The summed E-state index contributed by atoms with van der Waals surface area (Å²) in [5, 5.41) is 9.43. The number of carbonyl (C=O) groups is 2. The maximum absolute atomic E-state index is 12.0. The summed E-state index contributed by atoms with van der Waals surface area (Å²) in [6, 6.07) is 7.01. The highest BCUT2D eigenvalue weighted by Gasteiger charge is 2.07. The Labute approximate surface area is 145 Å². The largest absolute Gasteiger partial charge is 0.497 e. The number of aromatic nitrogens is 2. The first-order valence-corrected chi connectivity index (χ1v) is 7.07. The average Bonchev–Trinajstić information content (AvgIpc) is 2.95. The lowest BCUT2D eigenvalue weighted by Gasteiger charge is -2.06. The molecule has 8 nitrogen and oxygen atoms in total. The van der Waals surface area contributed by atoms with E-state index >= 15 is 0 Å². The molecule has 9 heteroatoms. The van der Waals surface area contributed by atoms with E-state index in [1.165, 1.54) is 10.9 Å². The SMILES string of the molecule is COc1ccc(NC(=O)Cn2cc(NC(=O)CCN)cn2)cc1.Cl. The van der Waals surface area contributed by atoms with E-state index in [1.807, 2.05) is 0 Å². The molecule has 24 heavy (non-hydrogen) atoms. The first kappa shape index (κ1) is 19.5. The van der Waals surface area contributed by atoms with Crippen molar-refractivity contribution in [3.8, 4) is 5.75 Å². The molecule has 1 heterocycles. The van der Waals surface area contributed by atoms with Gasteiger partial charge in [-0.15, -0.1) is 12.4 Å². The lowest BCUT2D eigenvalue weighted by molar-refractivity contribution is -0.117. The average molecular weight is 354 g/mol. The Balaban J connectivity index is 0.00000288. The van der Waals surface area contributed by atoms with E-state index in [0.717, 1.165) is 0 Å². The van der Waals surface area contributed by atoms with Crippen LogP contribution >= 0.6 is 12.4 Å². The summed E-state index contributed by atoms with van der Waals surface area (Å²) in [6.45, 7) is 0.322. The zero-order valence-corrected chi connectivity index (χ0v) is 14.0. The van der Waals surface area contributed by atoms with Crippen molar-refractivity contribution in [3.63, 3.8) is 0 Å². The van der Waals surface area contributed by atoms with Crippen LogP contribution < -0.4 is 21.1 Å². The molecule has 2 rings (SSSR count). The predicted molar refractivity (Wildman–Crippen MR) is 93.4 cm³/mol. The molecule has 0 bridgehead atoms. The van der Waals surface area contributed by atoms with Gasteiger partial charge in [-0.1, -0.05) is 0 Å². The lowest BCUT2D eigenvalue weighted by Crippen LogP contribution is -2.19. The molecule has 1 aromatic carbocycles. The summed E-state index contributed by atoms with van der Waals surface area (Å²) in [7, 11) is 1.58. The molecule has 0 aliphatic carbocycles. The fraction of sp³-hybridized carbons (Fsp3) is 0.267. The minimum atomic E-state index is -0.224. The van der Waals surface area contributed by atoms with E-state index in [-0.39, 0.29) is 43.7 Å². The Hall–Kier alpha value is -2.58. The van der Waals surface area contributed by atoms with Crippen LogP contribution in [0.4, 0.5) is 11.4 Å². The van der Waals surface area contributed by atoms with Crippen LogP contribution in [0.25, 0.3) is 0 Å². The van der Waals surface area contributed by atoms with Gasteiger partial charge < -0.3 is 21.1 Å². The fourth-order valence-electron chi connectivity index (χ4n) is 1.89. The molecule has 0 fully saturated rings. The second kappa shape index (κ2) is 9.53. The van der Waals surface area contributed by atoms with Crippen molar-refractivity contribution in [2.75, 3.05) is 24.3 Å². The van der Waals surface area contributed by atoms with Crippen molar-refractivity contribution in [2.24, 2.45) is 5.73 Å². The molecule has 2 aromatic rings. The Morgan fingerprint density at radius 3 is 2.46 bits per heavy atom. The second-order valence-electron chi connectivity index (χ2n) is 4.79. The smallest absolute Gasteiger partial charge is 0.246 e. The molecule has 0 aliphatic rings. The zero-order chi connectivity index (χ0) is 16.7. The van der Waals surface area contributed by atoms with Gasteiger partial charge in [0.1, 0.15) is 12.3 Å². The standard InChI is InChI=1S/C15H19N5O3.ClH/c1-23-13-4-2-11(3-5-13)18-15(22)10-20-9-12(8-17-20)19-14(21)6-7-16;/h2-5,8-9H,6-7,10,16H2,1H3,(H,18,22)(H,19,21);1H. The number of nitrogens with zero attached hydrogens (tertiary/aromatic N) is 2. The Morgan fingerprint density at radius 1 is 1.17 bits per heavy atom. The molecule has 2 amide bonds. The number of hydrogen-bond donors (Lipinski definition) is 3. The van der Waals surface area contributed by atoms with Crippen molar-refractivity contribution in [2.45, 2.75) is 13.0 Å². The normalized spacial score (nSPS) is 9.75. The Kier molecular flexibility index (Phi) is 7.73. The van der Waals surface area contributed by atoms with Gasteiger partial charge in [0.2, 0.25) is 11.8 Å². The molecule has 0 spiro atoms. The van der Waals surface area contributed by atoms with Crippen LogP contribution in [0.1, 0.15) is 6.42 Å². The van der Waals surface area contributed by atoms with Crippen LogP contribution in [0.3, 0.4) is 0 Å². The molecule has 0 radical (unpaired) electrons. The molecule has 130 valence electrons. The van der Waals surface area contributed by atoms with Crippen molar-refractivity contribution in [3.05, 3.63) is 36.7 Å². The van der Waals surface area contributed by atoms with Crippen molar-refractivity contribution in [1.82, 2.24) is 9.78 Å². The van der Waals surface area contributed by atoms with E-state index in [1.54, 1.807) is 37.6 Å². The second-order valence-corrected chi connectivity index (χ2v) is 4.79. The first-order chi connectivity index (χ1) is 11.1. The number of rotatable bonds is 7. The van der Waals surface area contributed by atoms with E-state index in [0.29, 0.717) is 17.1 Å². The number of ether oxygens (including phenoxy) is 1. The third kappa shape index (κ3) is 5.90. The molecule has 4 N–H and O–H groups in total. The molecular weight excluding hydrogens is 334 g/mol. The van der Waals surface area contributed by atoms with Gasteiger partial charge in [0, 0.05) is 24.8 Å². The van der Waals surface area contributed by atoms with Crippen LogP contribution in [-0.4, -0.2) is 35.2 Å². The molecule has 0 saturated carbocycles. The van der Waals surface area contributed by atoms with E-state index < -0.39 is 0 Å². The van der Waals surface area contributed by atoms with Gasteiger partial charge in [0.15, 0.2) is 0 Å². The van der Waals surface area contributed by atoms with Crippen LogP contribution in [0.15, 0.2) is 36.7 Å². The van der Waals surface area contributed by atoms with Gasteiger partial charge in [0.25, 0.3) is 0 Å². The molecular formula is C15H20ClN5O3. The van der Waals surface area contributed by atoms with E-state index in [2.05, 4.69) is 15.7 Å². The van der Waals surface area contributed by atoms with Gasteiger partial charge in [-0.2, -0.15) is 5.10 Å². The summed E-state index contributed by atoms with van der Waals surface area (Å²) >= 11 is 0. The zero-order valence-electron chi connectivity index (χ0n) is 13.2. The minimum Gasteiger partial charge on any atom is -0.497 e. The first-order valence-electron chi connectivity index (χ1n) is 7.07. The van der Waals surface area contributed by atoms with E-state index in [9.17, 15) is 9.59 Å². The highest BCUT2D eigenvalue weighted by atomic mass is 35.5. The van der Waals surface area contributed by atoms with Crippen LogP contribution in [-0.2, 0) is 16.1 Å². The minimum absolute atomic E-state index is 0. The van der Waals surface area contributed by atoms with Crippen LogP contribution in [0.5, 0.6) is 5.75 Å². The van der Waals surface area contributed by atoms with Gasteiger partial charge in [-0.05, 0) is 24.3 Å². The quantitative estimate of drug-likeness (QED) is 0.693. The summed E-state index contributed by atoms with van der Waals surface area (Å²) in [5.74, 6) is 0.306. The topological polar surface area (TPSA) is 111 Å².